The number of piperazine rings is 1. The van der Waals surface area contributed by atoms with Crippen molar-refractivity contribution in [1.82, 2.24) is 19.9 Å². The minimum Gasteiger partial charge on any atom is -0.368 e. The maximum Gasteiger partial charge on any atom is 0.251 e. The highest BCUT2D eigenvalue weighted by atomic mass is 32.2. The molecular formula is C19H25N5O3S. The number of sulfonamides is 1. The number of benzene rings is 1. The molecule has 0 spiro atoms. The van der Waals surface area contributed by atoms with Crippen molar-refractivity contribution in [2.45, 2.75) is 11.4 Å². The molecule has 1 aliphatic heterocycles. The lowest BCUT2D eigenvalue weighted by Gasteiger charge is -2.35. The summed E-state index contributed by atoms with van der Waals surface area (Å²) in [6, 6.07) is 8.46. The highest BCUT2D eigenvalue weighted by Gasteiger charge is 2.24. The molecule has 1 saturated heterocycles. The lowest BCUT2D eigenvalue weighted by Crippen LogP contribution is -2.45. The van der Waals surface area contributed by atoms with Crippen LogP contribution in [0, 0.1) is 0 Å². The predicted molar refractivity (Wildman–Crippen MR) is 108 cm³/mol. The average molecular weight is 404 g/mol. The fourth-order valence-electron chi connectivity index (χ4n) is 3.07. The number of anilines is 1. The number of rotatable bonds is 6. The molecule has 0 saturated carbocycles. The van der Waals surface area contributed by atoms with Gasteiger partial charge in [0.15, 0.2) is 0 Å². The van der Waals surface area contributed by atoms with Crippen molar-refractivity contribution in [2.75, 3.05) is 45.2 Å². The molecule has 1 aromatic carbocycles. The van der Waals surface area contributed by atoms with E-state index in [1.54, 1.807) is 24.5 Å². The number of hydrogen-bond donors (Lipinski definition) is 2. The van der Waals surface area contributed by atoms with Crippen molar-refractivity contribution in [3.8, 4) is 0 Å². The Labute approximate surface area is 165 Å². The van der Waals surface area contributed by atoms with Crippen LogP contribution in [0.3, 0.4) is 0 Å². The number of carbonyl (C=O) groups excluding carboxylic acids is 1. The van der Waals surface area contributed by atoms with E-state index in [0.717, 1.165) is 31.7 Å². The minimum atomic E-state index is -3.71. The molecule has 1 fully saturated rings. The van der Waals surface area contributed by atoms with Gasteiger partial charge in [-0.3, -0.25) is 9.78 Å². The van der Waals surface area contributed by atoms with Crippen molar-refractivity contribution >= 4 is 21.6 Å². The van der Waals surface area contributed by atoms with Gasteiger partial charge < -0.3 is 15.1 Å². The number of pyridine rings is 1. The molecule has 9 heteroatoms. The minimum absolute atomic E-state index is 0.121. The molecule has 28 heavy (non-hydrogen) atoms. The summed E-state index contributed by atoms with van der Waals surface area (Å²) in [5.41, 5.74) is 1.84. The van der Waals surface area contributed by atoms with Crippen molar-refractivity contribution in [3.63, 3.8) is 0 Å². The summed E-state index contributed by atoms with van der Waals surface area (Å²) in [4.78, 5) is 20.9. The van der Waals surface area contributed by atoms with E-state index in [4.69, 9.17) is 0 Å². The quantitative estimate of drug-likeness (QED) is 0.736. The Kier molecular flexibility index (Phi) is 6.28. The van der Waals surface area contributed by atoms with Crippen molar-refractivity contribution in [2.24, 2.45) is 0 Å². The lowest BCUT2D eigenvalue weighted by atomic mass is 10.1. The zero-order valence-corrected chi connectivity index (χ0v) is 16.9. The first-order valence-electron chi connectivity index (χ1n) is 9.09. The number of nitrogens with one attached hydrogen (secondary N) is 2. The number of nitrogens with zero attached hydrogens (tertiary/aromatic N) is 3. The van der Waals surface area contributed by atoms with Gasteiger partial charge in [0.25, 0.3) is 5.91 Å². The Balaban J connectivity index is 1.85. The molecule has 8 nitrogen and oxygen atoms in total. The van der Waals surface area contributed by atoms with E-state index in [-0.39, 0.29) is 10.8 Å². The molecule has 1 amide bonds. The van der Waals surface area contributed by atoms with Crippen LogP contribution in [-0.4, -0.2) is 64.5 Å². The summed E-state index contributed by atoms with van der Waals surface area (Å²) >= 11 is 0. The Morgan fingerprint density at radius 1 is 1.11 bits per heavy atom. The van der Waals surface area contributed by atoms with Crippen LogP contribution in [0.25, 0.3) is 0 Å². The average Bonchev–Trinajstić information content (AvgIpc) is 2.73. The summed E-state index contributed by atoms with van der Waals surface area (Å²) in [5, 5.41) is 2.81. The predicted octanol–water partition coefficient (Wildman–Crippen LogP) is 0.671. The molecule has 2 heterocycles. The van der Waals surface area contributed by atoms with Gasteiger partial charge in [-0.2, -0.15) is 0 Å². The molecule has 0 bridgehead atoms. The second-order valence-electron chi connectivity index (χ2n) is 6.72. The fourth-order valence-corrected chi connectivity index (χ4v) is 4.05. The van der Waals surface area contributed by atoms with E-state index in [0.29, 0.717) is 17.8 Å². The smallest absolute Gasteiger partial charge is 0.251 e. The van der Waals surface area contributed by atoms with Gasteiger partial charge in [-0.1, -0.05) is 0 Å². The molecule has 1 aliphatic rings. The zero-order valence-electron chi connectivity index (χ0n) is 16.1. The summed E-state index contributed by atoms with van der Waals surface area (Å²) in [7, 11) is -0.294. The number of carbonyl (C=O) groups is 1. The van der Waals surface area contributed by atoms with Gasteiger partial charge in [0, 0.05) is 50.7 Å². The molecule has 3 rings (SSSR count). The molecule has 1 aromatic heterocycles. The van der Waals surface area contributed by atoms with Gasteiger partial charge in [-0.25, -0.2) is 13.1 Å². The molecule has 2 aromatic rings. The van der Waals surface area contributed by atoms with Crippen LogP contribution >= 0.6 is 0 Å². The SMILES string of the molecule is CNS(=O)(=O)c1cc(C(=O)NCc2ccncc2)ccc1N1CCN(C)CC1. The van der Waals surface area contributed by atoms with Crippen molar-refractivity contribution in [1.29, 1.82) is 0 Å². The second kappa shape index (κ2) is 8.68. The summed E-state index contributed by atoms with van der Waals surface area (Å²) in [6.07, 6.45) is 3.31. The van der Waals surface area contributed by atoms with Gasteiger partial charge >= 0.3 is 0 Å². The van der Waals surface area contributed by atoms with Crippen LogP contribution in [0.15, 0.2) is 47.6 Å². The van der Waals surface area contributed by atoms with Crippen LogP contribution in [0.1, 0.15) is 15.9 Å². The third kappa shape index (κ3) is 4.67. The molecule has 0 aliphatic carbocycles. The normalized spacial score (nSPS) is 15.4. The van der Waals surface area contributed by atoms with Gasteiger partial charge in [-0.05, 0) is 50.0 Å². The van der Waals surface area contributed by atoms with Crippen LogP contribution in [0.2, 0.25) is 0 Å². The van der Waals surface area contributed by atoms with Crippen molar-refractivity contribution in [3.05, 3.63) is 53.9 Å². The van der Waals surface area contributed by atoms with Gasteiger partial charge in [0.1, 0.15) is 4.90 Å². The molecule has 150 valence electrons. The largest absolute Gasteiger partial charge is 0.368 e. The van der Waals surface area contributed by atoms with E-state index in [2.05, 4.69) is 19.9 Å². The Morgan fingerprint density at radius 3 is 2.43 bits per heavy atom. The molecule has 0 atom stereocenters. The summed E-state index contributed by atoms with van der Waals surface area (Å²) in [5.74, 6) is -0.325. The van der Waals surface area contributed by atoms with Crippen LogP contribution in [-0.2, 0) is 16.6 Å². The maximum atomic E-state index is 12.6. The number of hydrogen-bond acceptors (Lipinski definition) is 6. The monoisotopic (exact) mass is 403 g/mol. The maximum absolute atomic E-state index is 12.6. The summed E-state index contributed by atoms with van der Waals surface area (Å²) in [6.45, 7) is 3.52. The first-order valence-corrected chi connectivity index (χ1v) is 10.6. The third-order valence-electron chi connectivity index (χ3n) is 4.83. The molecule has 2 N–H and O–H groups in total. The number of amides is 1. The third-order valence-corrected chi connectivity index (χ3v) is 6.27. The van der Waals surface area contributed by atoms with E-state index in [1.165, 1.54) is 13.1 Å². The van der Waals surface area contributed by atoms with Crippen LogP contribution in [0.4, 0.5) is 5.69 Å². The lowest BCUT2D eigenvalue weighted by molar-refractivity contribution is 0.0950. The first-order chi connectivity index (χ1) is 13.4. The van der Waals surface area contributed by atoms with Gasteiger partial charge in [-0.15, -0.1) is 0 Å². The zero-order chi connectivity index (χ0) is 20.1. The second-order valence-corrected chi connectivity index (χ2v) is 8.57. The molecular weight excluding hydrogens is 378 g/mol. The summed E-state index contributed by atoms with van der Waals surface area (Å²) < 4.78 is 27.6. The van der Waals surface area contributed by atoms with E-state index >= 15 is 0 Å². The Bertz CT molecular complexity index is 926. The van der Waals surface area contributed by atoms with E-state index in [1.807, 2.05) is 24.1 Å². The van der Waals surface area contributed by atoms with Crippen molar-refractivity contribution < 1.29 is 13.2 Å². The van der Waals surface area contributed by atoms with Gasteiger partial charge in [0.05, 0.1) is 5.69 Å². The Morgan fingerprint density at radius 2 is 1.79 bits per heavy atom. The topological polar surface area (TPSA) is 94.6 Å². The Hall–Kier alpha value is -2.49. The van der Waals surface area contributed by atoms with Crippen LogP contribution < -0.4 is 14.9 Å². The highest BCUT2D eigenvalue weighted by molar-refractivity contribution is 7.89. The fraction of sp³-hybridized carbons (Fsp3) is 0.368. The number of likely N-dealkylation sites (N-methyl/N-ethyl adjacent to an activating group) is 1. The number of aromatic nitrogens is 1. The van der Waals surface area contributed by atoms with E-state index < -0.39 is 10.0 Å². The molecule has 0 radical (unpaired) electrons. The van der Waals surface area contributed by atoms with Gasteiger partial charge in [0.2, 0.25) is 10.0 Å². The molecule has 0 unspecified atom stereocenters. The van der Waals surface area contributed by atoms with Crippen LogP contribution in [0.5, 0.6) is 0 Å². The highest BCUT2D eigenvalue weighted by Crippen LogP contribution is 2.27. The standard InChI is InChI=1S/C19H25N5O3S/c1-20-28(26,27)18-13-16(19(25)22-14-15-5-7-21-8-6-15)3-4-17(18)24-11-9-23(2)10-12-24/h3-8,13,20H,9-12,14H2,1-2H3,(H,22,25). The van der Waals surface area contributed by atoms with E-state index in [9.17, 15) is 13.2 Å². The first kappa shape index (κ1) is 20.2.